The van der Waals surface area contributed by atoms with E-state index >= 15 is 0 Å². The Bertz CT molecular complexity index is 1280. The molecular formula is C26H25ClFN3. The second-order valence-corrected chi connectivity index (χ2v) is 8.95. The summed E-state index contributed by atoms with van der Waals surface area (Å²) < 4.78 is 14.5. The summed E-state index contributed by atoms with van der Waals surface area (Å²) in [5.74, 6) is 0.700. The van der Waals surface area contributed by atoms with Crippen LogP contribution in [0.5, 0.6) is 0 Å². The summed E-state index contributed by atoms with van der Waals surface area (Å²) in [6.45, 7) is 6.25. The molecule has 1 aliphatic heterocycles. The van der Waals surface area contributed by atoms with Crippen molar-refractivity contribution in [1.82, 2.24) is 14.9 Å². The summed E-state index contributed by atoms with van der Waals surface area (Å²) in [7, 11) is 0. The first-order valence-electron chi connectivity index (χ1n) is 10.7. The molecule has 0 unspecified atom stereocenters. The molecule has 0 aliphatic carbocycles. The average Bonchev–Trinajstić information content (AvgIpc) is 2.99. The van der Waals surface area contributed by atoms with Crippen molar-refractivity contribution in [2.75, 3.05) is 6.54 Å². The lowest BCUT2D eigenvalue weighted by atomic mass is 9.97. The molecule has 0 atom stereocenters. The van der Waals surface area contributed by atoms with Gasteiger partial charge in [0.25, 0.3) is 0 Å². The number of aromatic amines is 1. The number of hydrogen-bond acceptors (Lipinski definition) is 2. The molecule has 0 saturated carbocycles. The first-order chi connectivity index (χ1) is 15.0. The molecule has 0 fully saturated rings. The molecular weight excluding hydrogens is 409 g/mol. The van der Waals surface area contributed by atoms with Crippen molar-refractivity contribution >= 4 is 22.6 Å². The van der Waals surface area contributed by atoms with Crippen molar-refractivity contribution in [3.63, 3.8) is 0 Å². The van der Waals surface area contributed by atoms with Crippen LogP contribution in [0.15, 0.2) is 48.5 Å². The number of nitrogens with zero attached hydrogens (tertiary/aromatic N) is 2. The molecule has 0 amide bonds. The second-order valence-electron chi connectivity index (χ2n) is 8.54. The summed E-state index contributed by atoms with van der Waals surface area (Å²) in [6, 6.07) is 16.4. The third-order valence-corrected chi connectivity index (χ3v) is 6.58. The molecule has 0 bridgehead atoms. The minimum Gasteiger partial charge on any atom is -0.342 e. The number of rotatable bonds is 3. The van der Waals surface area contributed by atoms with E-state index in [-0.39, 0.29) is 5.82 Å². The fourth-order valence-corrected chi connectivity index (χ4v) is 4.69. The Morgan fingerprint density at radius 2 is 1.84 bits per heavy atom. The number of benzene rings is 3. The van der Waals surface area contributed by atoms with Crippen molar-refractivity contribution in [2.24, 2.45) is 0 Å². The van der Waals surface area contributed by atoms with Crippen molar-refractivity contribution in [1.29, 1.82) is 0 Å². The standard InChI is InChI=1S/C26H25ClFN3/c1-16-10-22(24(28)13-23(16)27)15-31-9-3-4-18-5-6-19(11-21(18)14-31)20-7-8-25-26(12-20)30-17(2)29-25/h5-8,10-13H,3-4,9,14-15H2,1-2H3,(H,29,30). The maximum absolute atomic E-state index is 14.5. The lowest BCUT2D eigenvalue weighted by molar-refractivity contribution is 0.257. The van der Waals surface area contributed by atoms with Gasteiger partial charge in [0.2, 0.25) is 0 Å². The average molecular weight is 434 g/mol. The molecule has 1 N–H and O–H groups in total. The Morgan fingerprint density at radius 1 is 1.03 bits per heavy atom. The number of aryl methyl sites for hydroxylation is 3. The van der Waals surface area contributed by atoms with E-state index in [1.165, 1.54) is 28.3 Å². The summed E-state index contributed by atoms with van der Waals surface area (Å²) in [5, 5.41) is 0.483. The largest absolute Gasteiger partial charge is 0.342 e. The van der Waals surface area contributed by atoms with E-state index in [0.29, 0.717) is 17.1 Å². The van der Waals surface area contributed by atoms with Gasteiger partial charge in [0.05, 0.1) is 11.0 Å². The molecule has 0 radical (unpaired) electrons. The van der Waals surface area contributed by atoms with Gasteiger partial charge in [-0.3, -0.25) is 4.90 Å². The van der Waals surface area contributed by atoms with Crippen LogP contribution in [0.4, 0.5) is 4.39 Å². The van der Waals surface area contributed by atoms with Crippen molar-refractivity contribution < 1.29 is 4.39 Å². The molecule has 31 heavy (non-hydrogen) atoms. The predicted molar refractivity (Wildman–Crippen MR) is 125 cm³/mol. The molecule has 1 aromatic heterocycles. The Labute approximate surface area is 186 Å². The van der Waals surface area contributed by atoms with Crippen LogP contribution in [0.25, 0.3) is 22.2 Å². The fourth-order valence-electron chi connectivity index (χ4n) is 4.54. The Morgan fingerprint density at radius 3 is 2.71 bits per heavy atom. The summed E-state index contributed by atoms with van der Waals surface area (Å²) in [6.07, 6.45) is 2.12. The van der Waals surface area contributed by atoms with Crippen LogP contribution >= 0.6 is 11.6 Å². The smallest absolute Gasteiger partial charge is 0.129 e. The van der Waals surface area contributed by atoms with Crippen LogP contribution in [0.1, 0.15) is 34.5 Å². The van der Waals surface area contributed by atoms with Gasteiger partial charge in [-0.15, -0.1) is 0 Å². The van der Waals surface area contributed by atoms with E-state index in [0.717, 1.165) is 48.4 Å². The maximum atomic E-state index is 14.5. The van der Waals surface area contributed by atoms with Crippen LogP contribution < -0.4 is 0 Å². The molecule has 0 spiro atoms. The van der Waals surface area contributed by atoms with Gasteiger partial charge in [-0.05, 0) is 85.3 Å². The van der Waals surface area contributed by atoms with E-state index in [1.54, 1.807) is 0 Å². The number of imidazole rings is 1. The Hall–Kier alpha value is -2.69. The van der Waals surface area contributed by atoms with Gasteiger partial charge < -0.3 is 4.98 Å². The number of halogens is 2. The van der Waals surface area contributed by atoms with Gasteiger partial charge in [-0.2, -0.15) is 0 Å². The van der Waals surface area contributed by atoms with Crippen molar-refractivity contribution in [2.45, 2.75) is 39.8 Å². The number of aromatic nitrogens is 2. The van der Waals surface area contributed by atoms with Gasteiger partial charge >= 0.3 is 0 Å². The van der Waals surface area contributed by atoms with Crippen LogP contribution in [0.2, 0.25) is 5.02 Å². The second kappa shape index (κ2) is 8.10. The molecule has 5 heteroatoms. The van der Waals surface area contributed by atoms with Crippen molar-refractivity contribution in [3.05, 3.63) is 87.4 Å². The predicted octanol–water partition coefficient (Wildman–Crippen LogP) is 6.59. The van der Waals surface area contributed by atoms with Gasteiger partial charge in [-0.25, -0.2) is 9.37 Å². The zero-order valence-corrected chi connectivity index (χ0v) is 18.6. The highest BCUT2D eigenvalue weighted by Gasteiger charge is 2.18. The van der Waals surface area contributed by atoms with Crippen LogP contribution in [-0.2, 0) is 19.5 Å². The van der Waals surface area contributed by atoms with E-state index in [9.17, 15) is 4.39 Å². The Balaban J connectivity index is 1.43. The van der Waals surface area contributed by atoms with E-state index < -0.39 is 0 Å². The number of H-pyrrole nitrogens is 1. The third kappa shape index (κ3) is 4.10. The highest BCUT2D eigenvalue weighted by atomic mass is 35.5. The summed E-state index contributed by atoms with van der Waals surface area (Å²) >= 11 is 6.08. The molecule has 3 nitrogen and oxygen atoms in total. The van der Waals surface area contributed by atoms with Crippen LogP contribution in [0.3, 0.4) is 0 Å². The summed E-state index contributed by atoms with van der Waals surface area (Å²) in [5.41, 5.74) is 8.75. The molecule has 1 aliphatic rings. The normalized spacial score (nSPS) is 14.6. The van der Waals surface area contributed by atoms with E-state index in [2.05, 4.69) is 51.3 Å². The quantitative estimate of drug-likeness (QED) is 0.395. The fraction of sp³-hybridized carbons (Fsp3) is 0.269. The SMILES string of the molecule is Cc1nc2ccc(-c3ccc4c(c3)CN(Cc3cc(C)c(Cl)cc3F)CCC4)cc2[nH]1. The topological polar surface area (TPSA) is 31.9 Å². The van der Waals surface area contributed by atoms with Crippen molar-refractivity contribution in [3.8, 4) is 11.1 Å². The van der Waals surface area contributed by atoms with E-state index in [1.807, 2.05) is 19.9 Å². The van der Waals surface area contributed by atoms with Crippen LogP contribution in [-0.4, -0.2) is 21.4 Å². The third-order valence-electron chi connectivity index (χ3n) is 6.18. The highest BCUT2D eigenvalue weighted by molar-refractivity contribution is 6.31. The zero-order valence-electron chi connectivity index (χ0n) is 17.8. The summed E-state index contributed by atoms with van der Waals surface area (Å²) in [4.78, 5) is 10.2. The molecule has 3 aromatic carbocycles. The van der Waals surface area contributed by atoms with Gasteiger partial charge in [0.1, 0.15) is 11.6 Å². The Kier molecular flexibility index (Phi) is 5.28. The molecule has 158 valence electrons. The monoisotopic (exact) mass is 433 g/mol. The maximum Gasteiger partial charge on any atom is 0.129 e. The molecule has 2 heterocycles. The number of nitrogens with one attached hydrogen (secondary N) is 1. The lowest BCUT2D eigenvalue weighted by Gasteiger charge is -2.21. The highest BCUT2D eigenvalue weighted by Crippen LogP contribution is 2.29. The first kappa shape index (κ1) is 20.2. The lowest BCUT2D eigenvalue weighted by Crippen LogP contribution is -2.23. The van der Waals surface area contributed by atoms with Gasteiger partial charge in [-0.1, -0.05) is 35.9 Å². The number of fused-ring (bicyclic) bond motifs is 2. The molecule has 4 aromatic rings. The van der Waals surface area contributed by atoms with Gasteiger partial charge in [0.15, 0.2) is 0 Å². The first-order valence-corrected chi connectivity index (χ1v) is 11.1. The van der Waals surface area contributed by atoms with Gasteiger partial charge in [0, 0.05) is 23.7 Å². The minimum atomic E-state index is -0.225. The van der Waals surface area contributed by atoms with Crippen LogP contribution in [0, 0.1) is 19.7 Å². The zero-order chi connectivity index (χ0) is 21.5. The molecule has 5 rings (SSSR count). The number of hydrogen-bond donors (Lipinski definition) is 1. The minimum absolute atomic E-state index is 0.225. The van der Waals surface area contributed by atoms with E-state index in [4.69, 9.17) is 11.6 Å². The molecule has 0 saturated heterocycles.